The molecule has 2 aliphatic carbocycles. The Balaban J connectivity index is 1.13. The van der Waals surface area contributed by atoms with Gasteiger partial charge in [-0.15, -0.1) is 0 Å². The van der Waals surface area contributed by atoms with E-state index < -0.39 is 12.1 Å². The molecule has 0 radical (unpaired) electrons. The molecule has 2 amide bonds. The summed E-state index contributed by atoms with van der Waals surface area (Å²) in [5, 5.41) is 12.0. The van der Waals surface area contributed by atoms with Crippen LogP contribution in [0.3, 0.4) is 0 Å². The van der Waals surface area contributed by atoms with E-state index in [-0.39, 0.29) is 42.9 Å². The average molecular weight is 477 g/mol. The van der Waals surface area contributed by atoms with Crippen LogP contribution in [0.4, 0.5) is 4.79 Å². The fraction of sp³-hybridized carbons (Fsp3) is 0.464. The molecule has 0 aromatic heterocycles. The van der Waals surface area contributed by atoms with E-state index in [2.05, 4.69) is 29.6 Å². The maximum absolute atomic E-state index is 13.1. The van der Waals surface area contributed by atoms with Gasteiger partial charge in [-0.2, -0.15) is 0 Å². The van der Waals surface area contributed by atoms with E-state index in [1.807, 2.05) is 29.2 Å². The summed E-state index contributed by atoms with van der Waals surface area (Å²) in [4.78, 5) is 38.5. The van der Waals surface area contributed by atoms with Gasteiger partial charge >= 0.3 is 12.1 Å². The summed E-state index contributed by atoms with van der Waals surface area (Å²) in [6.07, 6.45) is 4.03. The third-order valence-corrected chi connectivity index (χ3v) is 7.80. The molecule has 1 aliphatic heterocycles. The third kappa shape index (κ3) is 4.90. The Kier molecular flexibility index (Phi) is 6.75. The lowest BCUT2D eigenvalue weighted by molar-refractivity contribution is -0.140. The van der Waals surface area contributed by atoms with Gasteiger partial charge in [0, 0.05) is 36.9 Å². The van der Waals surface area contributed by atoms with Crippen LogP contribution in [0.2, 0.25) is 0 Å². The van der Waals surface area contributed by atoms with E-state index in [1.165, 1.54) is 22.3 Å². The molecule has 2 N–H and O–H groups in total. The predicted molar refractivity (Wildman–Crippen MR) is 131 cm³/mol. The van der Waals surface area contributed by atoms with Crippen LogP contribution in [0, 0.1) is 5.92 Å². The molecule has 1 heterocycles. The Hall–Kier alpha value is -3.35. The Morgan fingerprint density at radius 2 is 1.66 bits per heavy atom. The number of nitrogens with zero attached hydrogens (tertiary/aromatic N) is 1. The van der Waals surface area contributed by atoms with E-state index in [4.69, 9.17) is 9.84 Å². The Bertz CT molecular complexity index is 1070. The van der Waals surface area contributed by atoms with Gasteiger partial charge in [-0.05, 0) is 60.8 Å². The summed E-state index contributed by atoms with van der Waals surface area (Å²) in [5.74, 6) is -0.824. The molecule has 1 saturated carbocycles. The van der Waals surface area contributed by atoms with Crippen molar-refractivity contribution in [2.24, 2.45) is 5.92 Å². The normalized spacial score (nSPS) is 23.1. The quantitative estimate of drug-likeness (QED) is 0.611. The Labute approximate surface area is 205 Å². The molecule has 2 fully saturated rings. The van der Waals surface area contributed by atoms with Crippen LogP contribution in [0.1, 0.15) is 62.0 Å². The minimum absolute atomic E-state index is 0.0176. The highest BCUT2D eigenvalue weighted by Gasteiger charge is 2.38. The van der Waals surface area contributed by atoms with Crippen LogP contribution in [-0.2, 0) is 14.3 Å². The lowest BCUT2D eigenvalue weighted by atomic mass is 9.98. The number of hydrogen-bond donors (Lipinski definition) is 2. The molecule has 0 bridgehead atoms. The van der Waals surface area contributed by atoms with Crippen molar-refractivity contribution >= 4 is 18.0 Å². The van der Waals surface area contributed by atoms with Crippen LogP contribution in [-0.4, -0.2) is 53.2 Å². The second kappa shape index (κ2) is 10.1. The number of aliphatic carboxylic acids is 1. The first kappa shape index (κ1) is 23.4. The van der Waals surface area contributed by atoms with Crippen molar-refractivity contribution in [3.63, 3.8) is 0 Å². The largest absolute Gasteiger partial charge is 0.481 e. The van der Waals surface area contributed by atoms with E-state index in [1.54, 1.807) is 0 Å². The zero-order valence-corrected chi connectivity index (χ0v) is 19.8. The zero-order chi connectivity index (χ0) is 24.4. The minimum atomic E-state index is -0.822. The second-order valence-electron chi connectivity index (χ2n) is 9.94. The van der Waals surface area contributed by atoms with Crippen molar-refractivity contribution < 1.29 is 24.2 Å². The monoisotopic (exact) mass is 476 g/mol. The van der Waals surface area contributed by atoms with Crippen LogP contribution in [0.5, 0.6) is 0 Å². The average Bonchev–Trinajstić information content (AvgIpc) is 3.59. The van der Waals surface area contributed by atoms with E-state index in [9.17, 15) is 14.4 Å². The maximum Gasteiger partial charge on any atom is 0.407 e. The number of carboxylic acid groups (broad SMARTS) is 1. The molecule has 5 rings (SSSR count). The first-order chi connectivity index (χ1) is 17.0. The van der Waals surface area contributed by atoms with Gasteiger partial charge in [0.15, 0.2) is 0 Å². The lowest BCUT2D eigenvalue weighted by Gasteiger charge is -2.27. The first-order valence-corrected chi connectivity index (χ1v) is 12.6. The summed E-state index contributed by atoms with van der Waals surface area (Å²) >= 11 is 0. The van der Waals surface area contributed by atoms with Gasteiger partial charge in [0.1, 0.15) is 6.61 Å². The number of fused-ring (bicyclic) bond motifs is 3. The van der Waals surface area contributed by atoms with Crippen LogP contribution in [0.15, 0.2) is 48.5 Å². The van der Waals surface area contributed by atoms with Gasteiger partial charge in [0.25, 0.3) is 0 Å². The molecule has 7 nitrogen and oxygen atoms in total. The topological polar surface area (TPSA) is 95.9 Å². The number of ether oxygens (including phenoxy) is 1. The van der Waals surface area contributed by atoms with Crippen molar-refractivity contribution in [1.29, 1.82) is 0 Å². The molecule has 3 atom stereocenters. The number of rotatable bonds is 7. The number of alkyl carbamates (subject to hydrolysis) is 1. The van der Waals surface area contributed by atoms with Gasteiger partial charge < -0.3 is 20.1 Å². The highest BCUT2D eigenvalue weighted by Crippen LogP contribution is 2.44. The zero-order valence-electron chi connectivity index (χ0n) is 19.8. The number of nitrogens with one attached hydrogen (secondary N) is 1. The Morgan fingerprint density at radius 1 is 0.971 bits per heavy atom. The summed E-state index contributed by atoms with van der Waals surface area (Å²) < 4.78 is 5.67. The third-order valence-electron chi connectivity index (χ3n) is 7.80. The molecule has 0 spiro atoms. The van der Waals surface area contributed by atoms with Gasteiger partial charge in [-0.1, -0.05) is 48.5 Å². The smallest absolute Gasteiger partial charge is 0.407 e. The summed E-state index contributed by atoms with van der Waals surface area (Å²) in [5.41, 5.74) is 4.74. The van der Waals surface area contributed by atoms with Gasteiger partial charge in [0.05, 0.1) is 0 Å². The summed E-state index contributed by atoms with van der Waals surface area (Å²) in [6.45, 7) is 0.970. The molecule has 1 unspecified atom stereocenters. The Morgan fingerprint density at radius 3 is 2.34 bits per heavy atom. The van der Waals surface area contributed by atoms with Gasteiger partial charge in [0.2, 0.25) is 5.91 Å². The van der Waals surface area contributed by atoms with Gasteiger partial charge in [-0.3, -0.25) is 9.59 Å². The molecule has 7 heteroatoms. The minimum Gasteiger partial charge on any atom is -0.481 e. The lowest BCUT2D eigenvalue weighted by Crippen LogP contribution is -2.40. The molecule has 2 aromatic carbocycles. The fourth-order valence-electron chi connectivity index (χ4n) is 6.09. The first-order valence-electron chi connectivity index (χ1n) is 12.6. The van der Waals surface area contributed by atoms with Gasteiger partial charge in [-0.25, -0.2) is 4.79 Å². The van der Waals surface area contributed by atoms with Crippen LogP contribution >= 0.6 is 0 Å². The van der Waals surface area contributed by atoms with Crippen molar-refractivity contribution in [2.45, 2.75) is 62.9 Å². The highest BCUT2D eigenvalue weighted by atomic mass is 16.5. The van der Waals surface area contributed by atoms with Crippen molar-refractivity contribution in [3.8, 4) is 11.1 Å². The van der Waals surface area contributed by atoms with Crippen molar-refractivity contribution in [2.75, 3.05) is 13.2 Å². The standard InChI is InChI=1S/C28H32N2O5/c31-26(32)14-13-20-6-5-15-30(20)27(33)18-11-12-19(16-18)29-28(34)35-17-25-23-9-3-1-7-21(23)22-8-2-4-10-24(22)25/h1-4,7-10,18-20,25H,5-6,11-17H2,(H,29,34)(H,31,32)/t18-,19+,20?/m0/s1. The SMILES string of the molecule is O=C(O)CCC1CCCN1C(=O)[C@H]1CC[C@@H](NC(=O)OCC2c3ccccc3-c3ccccc32)C1. The maximum atomic E-state index is 13.1. The molecule has 2 aromatic rings. The van der Waals surface area contributed by atoms with Crippen LogP contribution in [0.25, 0.3) is 11.1 Å². The molecule has 1 saturated heterocycles. The number of carbonyl (C=O) groups excluding carboxylic acids is 2. The number of benzene rings is 2. The van der Waals surface area contributed by atoms with Crippen molar-refractivity contribution in [3.05, 3.63) is 59.7 Å². The molecular formula is C28H32N2O5. The number of amides is 2. The fourth-order valence-corrected chi connectivity index (χ4v) is 6.09. The van der Waals surface area contributed by atoms with Crippen LogP contribution < -0.4 is 5.32 Å². The predicted octanol–water partition coefficient (Wildman–Crippen LogP) is 4.55. The molecule has 184 valence electrons. The molecular weight excluding hydrogens is 444 g/mol. The van der Waals surface area contributed by atoms with E-state index in [0.717, 1.165) is 25.7 Å². The summed E-state index contributed by atoms with van der Waals surface area (Å²) in [7, 11) is 0. The number of hydrogen-bond acceptors (Lipinski definition) is 4. The number of carbonyl (C=O) groups is 3. The highest BCUT2D eigenvalue weighted by molar-refractivity contribution is 5.80. The van der Waals surface area contributed by atoms with Crippen molar-refractivity contribution in [1.82, 2.24) is 10.2 Å². The number of carboxylic acids is 1. The molecule has 35 heavy (non-hydrogen) atoms. The number of likely N-dealkylation sites (tertiary alicyclic amines) is 1. The second-order valence-corrected chi connectivity index (χ2v) is 9.94. The summed E-state index contributed by atoms with van der Waals surface area (Å²) in [6, 6.07) is 16.4. The van der Waals surface area contributed by atoms with E-state index >= 15 is 0 Å². The molecule has 3 aliphatic rings. The van der Waals surface area contributed by atoms with E-state index in [0.29, 0.717) is 19.4 Å².